The molecular weight excluding hydrogens is 216 g/mol. The fourth-order valence-corrected chi connectivity index (χ4v) is 2.65. The van der Waals surface area contributed by atoms with Gasteiger partial charge in [-0.1, -0.05) is 11.3 Å². The second-order valence-corrected chi connectivity index (χ2v) is 5.30. The molecule has 0 spiro atoms. The molecule has 0 unspecified atom stereocenters. The van der Waals surface area contributed by atoms with E-state index in [2.05, 4.69) is 17.0 Å². The van der Waals surface area contributed by atoms with E-state index in [0.29, 0.717) is 0 Å². The second-order valence-electron chi connectivity index (χ2n) is 3.82. The van der Waals surface area contributed by atoms with Crippen LogP contribution >= 0.6 is 23.6 Å². The summed E-state index contributed by atoms with van der Waals surface area (Å²) >= 11 is 6.66. The molecule has 1 aliphatic rings. The Hall–Kier alpha value is -0.300. The predicted molar refractivity (Wildman–Crippen MR) is 59.8 cm³/mol. The molecule has 14 heavy (non-hydrogen) atoms. The molecule has 0 saturated carbocycles. The van der Waals surface area contributed by atoms with Crippen molar-refractivity contribution in [2.24, 2.45) is 5.73 Å². The van der Waals surface area contributed by atoms with Crippen LogP contribution in [0.25, 0.3) is 0 Å². The van der Waals surface area contributed by atoms with Crippen molar-refractivity contribution in [1.82, 2.24) is 14.7 Å². The minimum atomic E-state index is -0.358. The Morgan fingerprint density at radius 1 is 1.57 bits per heavy atom. The van der Waals surface area contributed by atoms with Crippen molar-refractivity contribution in [1.29, 1.82) is 0 Å². The smallest absolute Gasteiger partial charge is 0.180 e. The van der Waals surface area contributed by atoms with Crippen molar-refractivity contribution in [2.75, 3.05) is 20.1 Å². The van der Waals surface area contributed by atoms with E-state index >= 15 is 0 Å². The maximum atomic E-state index is 6.30. The highest BCUT2D eigenvalue weighted by Crippen LogP contribution is 2.24. The lowest BCUT2D eigenvalue weighted by atomic mass is 9.99. The molecule has 0 atom stereocenters. The van der Waals surface area contributed by atoms with Crippen molar-refractivity contribution in [3.63, 3.8) is 0 Å². The average Bonchev–Trinajstić information content (AvgIpc) is 2.58. The van der Waals surface area contributed by atoms with Gasteiger partial charge < -0.3 is 10.6 Å². The zero-order valence-corrected chi connectivity index (χ0v) is 9.77. The van der Waals surface area contributed by atoms with Gasteiger partial charge in [-0.15, -0.1) is 0 Å². The number of piperidine rings is 1. The Labute approximate surface area is 92.3 Å². The molecule has 1 aromatic heterocycles. The van der Waals surface area contributed by atoms with Crippen LogP contribution in [0.5, 0.6) is 0 Å². The minimum absolute atomic E-state index is 0.358. The van der Waals surface area contributed by atoms with Crippen molar-refractivity contribution in [2.45, 2.75) is 18.5 Å². The molecule has 78 valence electrons. The fourth-order valence-electron chi connectivity index (χ4n) is 1.73. The van der Waals surface area contributed by atoms with Crippen LogP contribution in [0.1, 0.15) is 12.8 Å². The second kappa shape index (κ2) is 3.69. The molecule has 4 nitrogen and oxygen atoms in total. The molecule has 1 saturated heterocycles. The minimum Gasteiger partial charge on any atom is -0.307 e. The third-order valence-electron chi connectivity index (χ3n) is 2.76. The van der Waals surface area contributed by atoms with E-state index in [1.807, 2.05) is 0 Å². The van der Waals surface area contributed by atoms with Crippen LogP contribution in [-0.4, -0.2) is 34.8 Å². The molecular formula is C8H14N4S2. The Morgan fingerprint density at radius 2 is 2.21 bits per heavy atom. The molecule has 0 aromatic carbocycles. The summed E-state index contributed by atoms with van der Waals surface area (Å²) in [5.74, 6) is 0. The van der Waals surface area contributed by atoms with Gasteiger partial charge in [0.05, 0.1) is 0 Å². The molecule has 0 aliphatic carbocycles. The number of likely N-dealkylation sites (tertiary alicyclic amines) is 1. The lowest BCUT2D eigenvalue weighted by Gasteiger charge is -2.37. The van der Waals surface area contributed by atoms with Gasteiger partial charge in [0.15, 0.2) is 3.95 Å². The highest BCUT2D eigenvalue weighted by molar-refractivity contribution is 7.73. The van der Waals surface area contributed by atoms with Gasteiger partial charge in [-0.25, -0.2) is 4.68 Å². The van der Waals surface area contributed by atoms with Crippen LogP contribution < -0.4 is 5.73 Å². The maximum absolute atomic E-state index is 6.30. The highest BCUT2D eigenvalue weighted by Gasteiger charge is 2.32. The van der Waals surface area contributed by atoms with Gasteiger partial charge in [0, 0.05) is 13.1 Å². The number of nitrogens with zero attached hydrogens (tertiary/aromatic N) is 3. The predicted octanol–water partition coefficient (Wildman–Crippen LogP) is 1.01. The van der Waals surface area contributed by atoms with E-state index in [9.17, 15) is 0 Å². The van der Waals surface area contributed by atoms with E-state index in [-0.39, 0.29) is 5.66 Å². The van der Waals surface area contributed by atoms with Gasteiger partial charge in [0.1, 0.15) is 11.2 Å². The summed E-state index contributed by atoms with van der Waals surface area (Å²) in [5, 5.41) is 4.22. The Morgan fingerprint density at radius 3 is 2.71 bits per heavy atom. The lowest BCUT2D eigenvalue weighted by molar-refractivity contribution is 0.121. The van der Waals surface area contributed by atoms with Gasteiger partial charge in [0.2, 0.25) is 0 Å². The Bertz CT molecular complexity index is 361. The Balaban J connectivity index is 2.25. The SMILES string of the molecule is CN1CCC(N)(n2ncsc2=S)CC1. The van der Waals surface area contributed by atoms with E-state index < -0.39 is 0 Å². The van der Waals surface area contributed by atoms with Crippen LogP contribution in [0.15, 0.2) is 5.51 Å². The molecule has 0 bridgehead atoms. The fraction of sp³-hybridized carbons (Fsp3) is 0.750. The molecule has 1 aliphatic heterocycles. The number of rotatable bonds is 1. The summed E-state index contributed by atoms with van der Waals surface area (Å²) in [7, 11) is 2.11. The molecule has 2 N–H and O–H groups in total. The average molecular weight is 230 g/mol. The third kappa shape index (κ3) is 1.75. The number of hydrogen-bond acceptors (Lipinski definition) is 5. The van der Waals surface area contributed by atoms with Gasteiger partial charge in [-0.05, 0) is 32.1 Å². The van der Waals surface area contributed by atoms with Crippen molar-refractivity contribution >= 4 is 23.6 Å². The largest absolute Gasteiger partial charge is 0.307 e. The molecule has 0 amide bonds. The quantitative estimate of drug-likeness (QED) is 0.732. The number of nitrogens with two attached hydrogens (primary N) is 1. The first kappa shape index (κ1) is 10.2. The monoisotopic (exact) mass is 230 g/mol. The van der Waals surface area contributed by atoms with Crippen LogP contribution in [0.3, 0.4) is 0 Å². The van der Waals surface area contributed by atoms with E-state index in [1.165, 1.54) is 11.3 Å². The summed E-state index contributed by atoms with van der Waals surface area (Å²) in [6, 6.07) is 0. The summed E-state index contributed by atoms with van der Waals surface area (Å²) in [6.07, 6.45) is 1.84. The zero-order chi connectivity index (χ0) is 10.2. The molecule has 0 radical (unpaired) electrons. The van der Waals surface area contributed by atoms with Crippen LogP contribution in [0.2, 0.25) is 0 Å². The van der Waals surface area contributed by atoms with Crippen LogP contribution in [0.4, 0.5) is 0 Å². The van der Waals surface area contributed by atoms with Gasteiger partial charge in [0.25, 0.3) is 0 Å². The lowest BCUT2D eigenvalue weighted by Crippen LogP contribution is -2.51. The standard InChI is InChI=1S/C8H14N4S2/c1-11-4-2-8(9,3-5-11)12-7(13)14-6-10-12/h6H,2-5,9H2,1H3. The zero-order valence-electron chi connectivity index (χ0n) is 8.14. The number of hydrogen-bond donors (Lipinski definition) is 1. The normalized spacial score (nSPS) is 22.4. The van der Waals surface area contributed by atoms with Crippen LogP contribution in [-0.2, 0) is 5.66 Å². The van der Waals surface area contributed by atoms with Crippen molar-refractivity contribution in [3.05, 3.63) is 9.46 Å². The van der Waals surface area contributed by atoms with Crippen molar-refractivity contribution in [3.8, 4) is 0 Å². The van der Waals surface area contributed by atoms with E-state index in [4.69, 9.17) is 18.0 Å². The summed E-state index contributed by atoms with van der Waals surface area (Å²) < 4.78 is 2.58. The Kier molecular flexibility index (Phi) is 2.70. The topological polar surface area (TPSA) is 47.1 Å². The molecule has 2 rings (SSSR count). The van der Waals surface area contributed by atoms with Gasteiger partial charge in [-0.2, -0.15) is 5.10 Å². The molecule has 1 aromatic rings. The highest BCUT2D eigenvalue weighted by atomic mass is 32.1. The summed E-state index contributed by atoms with van der Waals surface area (Å²) in [5.41, 5.74) is 7.70. The van der Waals surface area contributed by atoms with E-state index in [0.717, 1.165) is 29.9 Å². The molecule has 1 fully saturated rings. The molecule has 6 heteroatoms. The summed E-state index contributed by atoms with van der Waals surface area (Å²) in [6.45, 7) is 2.02. The van der Waals surface area contributed by atoms with Gasteiger partial charge in [-0.3, -0.25) is 0 Å². The van der Waals surface area contributed by atoms with Gasteiger partial charge >= 0.3 is 0 Å². The first-order valence-corrected chi connectivity index (χ1v) is 5.91. The van der Waals surface area contributed by atoms with E-state index in [1.54, 1.807) is 10.2 Å². The molecule has 2 heterocycles. The first-order valence-electron chi connectivity index (χ1n) is 4.62. The van der Waals surface area contributed by atoms with Crippen molar-refractivity contribution < 1.29 is 0 Å². The summed E-state index contributed by atoms with van der Waals surface area (Å²) in [4.78, 5) is 2.28. The third-order valence-corrected chi connectivity index (χ3v) is 3.80. The number of aromatic nitrogens is 2. The van der Waals surface area contributed by atoms with Crippen LogP contribution in [0, 0.1) is 3.95 Å². The maximum Gasteiger partial charge on any atom is 0.180 e. The first-order chi connectivity index (χ1) is 6.62.